The lowest BCUT2D eigenvalue weighted by atomic mass is 10.1. The second kappa shape index (κ2) is 7.41. The van der Waals surface area contributed by atoms with Crippen LogP contribution < -0.4 is 10.6 Å². The maximum Gasteiger partial charge on any atom is 0.224 e. The van der Waals surface area contributed by atoms with Gasteiger partial charge in [0.2, 0.25) is 11.8 Å². The van der Waals surface area contributed by atoms with Gasteiger partial charge in [-0.25, -0.2) is 0 Å². The van der Waals surface area contributed by atoms with Gasteiger partial charge in [-0.05, 0) is 36.6 Å². The average molecular weight is 296 g/mol. The first-order chi connectivity index (χ1) is 10.6. The summed E-state index contributed by atoms with van der Waals surface area (Å²) in [6.45, 7) is 3.34. The van der Waals surface area contributed by atoms with Crippen molar-refractivity contribution in [1.82, 2.24) is 0 Å². The molecule has 0 aliphatic carbocycles. The second-order valence-corrected chi connectivity index (χ2v) is 5.19. The molecule has 0 saturated carbocycles. The Bertz CT molecular complexity index is 666. The molecule has 4 heteroatoms. The third-order valence-corrected chi connectivity index (χ3v) is 3.40. The number of amides is 2. The van der Waals surface area contributed by atoms with E-state index in [0.29, 0.717) is 18.5 Å². The molecule has 0 spiro atoms. The summed E-state index contributed by atoms with van der Waals surface area (Å²) in [4.78, 5) is 23.2. The highest BCUT2D eigenvalue weighted by molar-refractivity contribution is 5.95. The SMILES string of the molecule is CC(=O)Nc1cccc(NC(=O)CCc2ccccc2)c1C. The Hall–Kier alpha value is -2.62. The Kier molecular flexibility index (Phi) is 5.31. The second-order valence-electron chi connectivity index (χ2n) is 5.19. The first-order valence-electron chi connectivity index (χ1n) is 7.27. The van der Waals surface area contributed by atoms with Crippen molar-refractivity contribution in [3.8, 4) is 0 Å². The van der Waals surface area contributed by atoms with E-state index in [1.165, 1.54) is 6.92 Å². The van der Waals surface area contributed by atoms with Gasteiger partial charge in [-0.2, -0.15) is 0 Å². The van der Waals surface area contributed by atoms with Crippen LogP contribution in [0, 0.1) is 6.92 Å². The minimum Gasteiger partial charge on any atom is -0.326 e. The normalized spacial score (nSPS) is 10.1. The van der Waals surface area contributed by atoms with Crippen molar-refractivity contribution in [2.24, 2.45) is 0 Å². The largest absolute Gasteiger partial charge is 0.326 e. The van der Waals surface area contributed by atoms with Crippen molar-refractivity contribution >= 4 is 23.2 Å². The third-order valence-electron chi connectivity index (χ3n) is 3.40. The summed E-state index contributed by atoms with van der Waals surface area (Å²) in [5, 5.41) is 5.66. The highest BCUT2D eigenvalue weighted by Gasteiger charge is 2.08. The van der Waals surface area contributed by atoms with Crippen molar-refractivity contribution in [2.75, 3.05) is 10.6 Å². The molecule has 0 atom stereocenters. The Morgan fingerprint density at radius 3 is 2.18 bits per heavy atom. The van der Waals surface area contributed by atoms with E-state index in [1.807, 2.05) is 55.5 Å². The Morgan fingerprint density at radius 2 is 1.55 bits per heavy atom. The summed E-state index contributed by atoms with van der Waals surface area (Å²) in [5.74, 6) is -0.164. The minimum atomic E-state index is -0.129. The van der Waals surface area contributed by atoms with E-state index in [-0.39, 0.29) is 11.8 Å². The Labute approximate surface area is 130 Å². The van der Waals surface area contributed by atoms with E-state index in [2.05, 4.69) is 10.6 Å². The molecule has 114 valence electrons. The van der Waals surface area contributed by atoms with Crippen LogP contribution >= 0.6 is 0 Å². The molecule has 2 aromatic carbocycles. The molecule has 2 amide bonds. The smallest absolute Gasteiger partial charge is 0.224 e. The van der Waals surface area contributed by atoms with Crippen molar-refractivity contribution in [3.05, 3.63) is 59.7 Å². The zero-order chi connectivity index (χ0) is 15.9. The fourth-order valence-corrected chi connectivity index (χ4v) is 2.21. The van der Waals surface area contributed by atoms with Crippen LogP contribution in [0.2, 0.25) is 0 Å². The quantitative estimate of drug-likeness (QED) is 0.887. The van der Waals surface area contributed by atoms with Crippen molar-refractivity contribution in [2.45, 2.75) is 26.7 Å². The minimum absolute atomic E-state index is 0.0353. The number of rotatable bonds is 5. The lowest BCUT2D eigenvalue weighted by Crippen LogP contribution is -2.14. The fourth-order valence-electron chi connectivity index (χ4n) is 2.21. The number of aryl methyl sites for hydroxylation is 1. The molecule has 0 aliphatic heterocycles. The number of anilines is 2. The van der Waals surface area contributed by atoms with E-state index < -0.39 is 0 Å². The molecule has 2 rings (SSSR count). The zero-order valence-corrected chi connectivity index (χ0v) is 12.8. The molecule has 0 bridgehead atoms. The van der Waals surface area contributed by atoms with Crippen LogP contribution in [0.3, 0.4) is 0 Å². The van der Waals surface area contributed by atoms with Gasteiger partial charge < -0.3 is 10.6 Å². The molecule has 22 heavy (non-hydrogen) atoms. The standard InChI is InChI=1S/C18H20N2O2/c1-13-16(19-14(2)21)9-6-10-17(13)20-18(22)12-11-15-7-4-3-5-8-15/h3-10H,11-12H2,1-2H3,(H,19,21)(H,20,22). The summed E-state index contributed by atoms with van der Waals surface area (Å²) in [7, 11) is 0. The van der Waals surface area contributed by atoms with Gasteiger partial charge in [0, 0.05) is 24.7 Å². The van der Waals surface area contributed by atoms with Crippen LogP contribution in [0.25, 0.3) is 0 Å². The van der Waals surface area contributed by atoms with Gasteiger partial charge in [-0.15, -0.1) is 0 Å². The molecule has 4 nitrogen and oxygen atoms in total. The van der Waals surface area contributed by atoms with Gasteiger partial charge in [0.15, 0.2) is 0 Å². The van der Waals surface area contributed by atoms with Crippen molar-refractivity contribution < 1.29 is 9.59 Å². The summed E-state index contributed by atoms with van der Waals surface area (Å²) in [6, 6.07) is 15.4. The van der Waals surface area contributed by atoms with E-state index in [0.717, 1.165) is 16.8 Å². The molecule has 0 aliphatic rings. The number of nitrogens with one attached hydrogen (secondary N) is 2. The van der Waals surface area contributed by atoms with Crippen LogP contribution in [0.15, 0.2) is 48.5 Å². The number of carbonyl (C=O) groups excluding carboxylic acids is 2. The summed E-state index contributed by atoms with van der Waals surface area (Å²) in [5.41, 5.74) is 3.44. The summed E-state index contributed by atoms with van der Waals surface area (Å²) < 4.78 is 0. The number of carbonyl (C=O) groups is 2. The first kappa shape index (κ1) is 15.8. The van der Waals surface area contributed by atoms with Crippen LogP contribution in [-0.2, 0) is 16.0 Å². The van der Waals surface area contributed by atoms with Gasteiger partial charge in [-0.1, -0.05) is 36.4 Å². The van der Waals surface area contributed by atoms with Gasteiger partial charge in [0.05, 0.1) is 0 Å². The molecule has 0 fully saturated rings. The predicted molar refractivity (Wildman–Crippen MR) is 88.9 cm³/mol. The summed E-state index contributed by atoms with van der Waals surface area (Å²) in [6.07, 6.45) is 1.13. The van der Waals surface area contributed by atoms with Crippen LogP contribution in [0.5, 0.6) is 0 Å². The molecule has 0 saturated heterocycles. The Balaban J connectivity index is 1.98. The highest BCUT2D eigenvalue weighted by atomic mass is 16.2. The molecular weight excluding hydrogens is 276 g/mol. The Morgan fingerprint density at radius 1 is 0.909 bits per heavy atom. The summed E-state index contributed by atoms with van der Waals surface area (Å²) >= 11 is 0. The molecular formula is C18H20N2O2. The first-order valence-corrected chi connectivity index (χ1v) is 7.27. The fraction of sp³-hybridized carbons (Fsp3) is 0.222. The van der Waals surface area contributed by atoms with E-state index >= 15 is 0 Å². The van der Waals surface area contributed by atoms with Crippen molar-refractivity contribution in [3.63, 3.8) is 0 Å². The van der Waals surface area contributed by atoms with Crippen molar-refractivity contribution in [1.29, 1.82) is 0 Å². The van der Waals surface area contributed by atoms with Gasteiger partial charge in [0.25, 0.3) is 0 Å². The van der Waals surface area contributed by atoms with Gasteiger partial charge >= 0.3 is 0 Å². The van der Waals surface area contributed by atoms with E-state index in [4.69, 9.17) is 0 Å². The van der Waals surface area contributed by atoms with Crippen LogP contribution in [-0.4, -0.2) is 11.8 Å². The lowest BCUT2D eigenvalue weighted by Gasteiger charge is -2.12. The molecule has 0 radical (unpaired) electrons. The third kappa shape index (κ3) is 4.45. The number of hydrogen-bond acceptors (Lipinski definition) is 2. The predicted octanol–water partition coefficient (Wildman–Crippen LogP) is 3.52. The highest BCUT2D eigenvalue weighted by Crippen LogP contribution is 2.23. The molecule has 0 heterocycles. The number of hydrogen-bond donors (Lipinski definition) is 2. The van der Waals surface area contributed by atoms with Crippen LogP contribution in [0.4, 0.5) is 11.4 Å². The lowest BCUT2D eigenvalue weighted by molar-refractivity contribution is -0.116. The van der Waals surface area contributed by atoms with E-state index in [1.54, 1.807) is 0 Å². The van der Waals surface area contributed by atoms with Crippen LogP contribution in [0.1, 0.15) is 24.5 Å². The number of benzene rings is 2. The maximum atomic E-state index is 12.1. The zero-order valence-electron chi connectivity index (χ0n) is 12.8. The van der Waals surface area contributed by atoms with Gasteiger partial charge in [-0.3, -0.25) is 9.59 Å². The van der Waals surface area contributed by atoms with E-state index in [9.17, 15) is 9.59 Å². The van der Waals surface area contributed by atoms with Gasteiger partial charge in [0.1, 0.15) is 0 Å². The average Bonchev–Trinajstić information content (AvgIpc) is 2.50. The maximum absolute atomic E-state index is 12.1. The molecule has 2 N–H and O–H groups in total. The monoisotopic (exact) mass is 296 g/mol. The topological polar surface area (TPSA) is 58.2 Å². The molecule has 0 aromatic heterocycles. The molecule has 2 aromatic rings. The molecule has 0 unspecified atom stereocenters.